The Morgan fingerprint density at radius 3 is 2.72 bits per heavy atom. The van der Waals surface area contributed by atoms with E-state index in [2.05, 4.69) is 11.4 Å². The van der Waals surface area contributed by atoms with Crippen molar-refractivity contribution in [2.75, 3.05) is 12.4 Å². The molecule has 0 unspecified atom stereocenters. The average molecular weight is 265 g/mol. The van der Waals surface area contributed by atoms with Gasteiger partial charge >= 0.3 is 0 Å². The molecule has 0 heterocycles. The molecule has 0 aliphatic heterocycles. The maximum Gasteiger partial charge on any atom is 0.125 e. The van der Waals surface area contributed by atoms with Gasteiger partial charge in [0.05, 0.1) is 12.2 Å². The summed E-state index contributed by atoms with van der Waals surface area (Å²) in [7, 11) is 1.73. The van der Waals surface area contributed by atoms with Crippen LogP contribution in [0.3, 0.4) is 0 Å². The van der Waals surface area contributed by atoms with E-state index < -0.39 is 5.54 Å². The molecule has 1 saturated carbocycles. The van der Waals surface area contributed by atoms with Gasteiger partial charge in [0, 0.05) is 17.8 Å². The van der Waals surface area contributed by atoms with Crippen molar-refractivity contribution < 1.29 is 4.74 Å². The van der Waals surface area contributed by atoms with E-state index in [4.69, 9.17) is 16.3 Å². The summed E-state index contributed by atoms with van der Waals surface area (Å²) in [4.78, 5) is 0. The van der Waals surface area contributed by atoms with Gasteiger partial charge in [0.2, 0.25) is 0 Å². The van der Waals surface area contributed by atoms with E-state index in [0.29, 0.717) is 5.02 Å². The van der Waals surface area contributed by atoms with Gasteiger partial charge in [-0.25, -0.2) is 0 Å². The van der Waals surface area contributed by atoms with Crippen LogP contribution < -0.4 is 5.32 Å². The number of hydrogen-bond donors (Lipinski definition) is 1. The van der Waals surface area contributed by atoms with Gasteiger partial charge in [-0.15, -0.1) is 0 Å². The zero-order valence-electron chi connectivity index (χ0n) is 10.4. The molecule has 1 aliphatic rings. The molecule has 0 atom stereocenters. The molecular weight excluding hydrogens is 248 g/mol. The topological polar surface area (TPSA) is 45.0 Å². The highest BCUT2D eigenvalue weighted by Crippen LogP contribution is 2.33. The summed E-state index contributed by atoms with van der Waals surface area (Å²) in [5.41, 5.74) is 0.416. The quantitative estimate of drug-likeness (QED) is 0.907. The van der Waals surface area contributed by atoms with E-state index >= 15 is 0 Å². The minimum absolute atomic E-state index is 0.285. The van der Waals surface area contributed by atoms with E-state index in [1.54, 1.807) is 7.11 Å². The lowest BCUT2D eigenvalue weighted by Gasteiger charge is -2.35. The molecule has 0 bridgehead atoms. The van der Waals surface area contributed by atoms with Crippen LogP contribution in [0.15, 0.2) is 24.3 Å². The number of anilines is 1. The predicted octanol–water partition coefficient (Wildman–Crippen LogP) is 3.60. The summed E-state index contributed by atoms with van der Waals surface area (Å²) >= 11 is 5.95. The molecule has 1 fully saturated rings. The van der Waals surface area contributed by atoms with Crippen molar-refractivity contribution in [3.8, 4) is 6.07 Å². The third-order valence-electron chi connectivity index (χ3n) is 3.54. The number of halogens is 1. The van der Waals surface area contributed by atoms with Crippen LogP contribution in [0, 0.1) is 11.3 Å². The molecule has 18 heavy (non-hydrogen) atoms. The third kappa shape index (κ3) is 2.95. The van der Waals surface area contributed by atoms with Crippen LogP contribution in [0.1, 0.15) is 25.7 Å². The number of nitrogens with zero attached hydrogens (tertiary/aromatic N) is 1. The Hall–Kier alpha value is -1.24. The number of ether oxygens (including phenoxy) is 1. The molecular formula is C14H17ClN2O. The second kappa shape index (κ2) is 5.60. The Kier molecular flexibility index (Phi) is 4.11. The van der Waals surface area contributed by atoms with Crippen molar-refractivity contribution >= 4 is 17.3 Å². The van der Waals surface area contributed by atoms with Crippen molar-refractivity contribution in [2.24, 2.45) is 0 Å². The summed E-state index contributed by atoms with van der Waals surface area (Å²) in [5, 5.41) is 13.5. The molecule has 0 saturated heterocycles. The summed E-state index contributed by atoms with van der Waals surface area (Å²) in [6, 6.07) is 9.92. The molecule has 0 spiro atoms. The Labute approximate surface area is 113 Å². The van der Waals surface area contributed by atoms with Gasteiger partial charge in [-0.1, -0.05) is 17.7 Å². The van der Waals surface area contributed by atoms with E-state index in [-0.39, 0.29) is 6.10 Å². The van der Waals surface area contributed by atoms with Crippen LogP contribution in [0.2, 0.25) is 5.02 Å². The number of benzene rings is 1. The Balaban J connectivity index is 2.08. The number of nitrogens with one attached hydrogen (secondary N) is 1. The van der Waals surface area contributed by atoms with E-state index in [1.807, 2.05) is 24.3 Å². The molecule has 96 valence electrons. The molecule has 1 aliphatic carbocycles. The van der Waals surface area contributed by atoms with Crippen molar-refractivity contribution in [1.82, 2.24) is 0 Å². The SMILES string of the molecule is COC1CCC(C#N)(Nc2cccc(Cl)c2)CC1. The maximum atomic E-state index is 9.44. The molecule has 4 heteroatoms. The fraction of sp³-hybridized carbons (Fsp3) is 0.500. The van der Waals surface area contributed by atoms with Gasteiger partial charge in [-0.2, -0.15) is 5.26 Å². The molecule has 2 rings (SSSR count). The van der Waals surface area contributed by atoms with Gasteiger partial charge in [0.15, 0.2) is 0 Å². The molecule has 1 aromatic carbocycles. The second-order valence-corrected chi connectivity index (χ2v) is 5.20. The van der Waals surface area contributed by atoms with Gasteiger partial charge < -0.3 is 10.1 Å². The third-order valence-corrected chi connectivity index (χ3v) is 3.78. The first-order valence-electron chi connectivity index (χ1n) is 6.15. The number of nitriles is 1. The van der Waals surface area contributed by atoms with Crippen molar-refractivity contribution in [1.29, 1.82) is 5.26 Å². The first-order valence-corrected chi connectivity index (χ1v) is 6.53. The summed E-state index contributed by atoms with van der Waals surface area (Å²) < 4.78 is 5.34. The van der Waals surface area contributed by atoms with Crippen molar-refractivity contribution in [2.45, 2.75) is 37.3 Å². The van der Waals surface area contributed by atoms with Crippen LogP contribution >= 0.6 is 11.6 Å². The Bertz CT molecular complexity index is 447. The van der Waals surface area contributed by atoms with Crippen LogP contribution in [-0.4, -0.2) is 18.8 Å². The lowest BCUT2D eigenvalue weighted by Crippen LogP contribution is -2.42. The Morgan fingerprint density at radius 2 is 2.17 bits per heavy atom. The predicted molar refractivity (Wildman–Crippen MR) is 72.7 cm³/mol. The molecule has 1 N–H and O–H groups in total. The average Bonchev–Trinajstić information content (AvgIpc) is 2.39. The highest BCUT2D eigenvalue weighted by molar-refractivity contribution is 6.30. The molecule has 0 amide bonds. The molecule has 1 aromatic rings. The highest BCUT2D eigenvalue weighted by atomic mass is 35.5. The summed E-state index contributed by atoms with van der Waals surface area (Å²) in [6.07, 6.45) is 3.71. The zero-order chi connectivity index (χ0) is 13.0. The second-order valence-electron chi connectivity index (χ2n) is 4.76. The minimum atomic E-state index is -0.486. The highest BCUT2D eigenvalue weighted by Gasteiger charge is 2.35. The summed E-state index contributed by atoms with van der Waals surface area (Å²) in [6.45, 7) is 0. The molecule has 0 radical (unpaired) electrons. The largest absolute Gasteiger partial charge is 0.381 e. The lowest BCUT2D eigenvalue weighted by atomic mass is 9.81. The monoisotopic (exact) mass is 264 g/mol. The molecule has 0 aromatic heterocycles. The minimum Gasteiger partial charge on any atom is -0.381 e. The van der Waals surface area contributed by atoms with Crippen LogP contribution in [0.4, 0.5) is 5.69 Å². The molecule has 3 nitrogen and oxygen atoms in total. The maximum absolute atomic E-state index is 9.44. The van der Waals surface area contributed by atoms with Crippen molar-refractivity contribution in [3.05, 3.63) is 29.3 Å². The van der Waals surface area contributed by atoms with E-state index in [0.717, 1.165) is 31.4 Å². The number of hydrogen-bond acceptors (Lipinski definition) is 3. The normalized spacial score (nSPS) is 27.5. The zero-order valence-corrected chi connectivity index (χ0v) is 11.2. The van der Waals surface area contributed by atoms with Crippen LogP contribution in [-0.2, 0) is 4.74 Å². The van der Waals surface area contributed by atoms with Gasteiger partial charge in [-0.05, 0) is 43.9 Å². The standard InChI is InChI=1S/C14H17ClN2O/c1-18-13-5-7-14(10-16,8-6-13)17-12-4-2-3-11(15)9-12/h2-4,9,13,17H,5-8H2,1H3. The van der Waals surface area contributed by atoms with Gasteiger partial charge in [0.1, 0.15) is 5.54 Å². The van der Waals surface area contributed by atoms with Crippen LogP contribution in [0.25, 0.3) is 0 Å². The van der Waals surface area contributed by atoms with Crippen LogP contribution in [0.5, 0.6) is 0 Å². The van der Waals surface area contributed by atoms with E-state index in [1.165, 1.54) is 0 Å². The smallest absolute Gasteiger partial charge is 0.125 e. The first-order chi connectivity index (χ1) is 8.67. The summed E-state index contributed by atoms with van der Waals surface area (Å²) in [5.74, 6) is 0. The van der Waals surface area contributed by atoms with Gasteiger partial charge in [0.25, 0.3) is 0 Å². The van der Waals surface area contributed by atoms with Gasteiger partial charge in [-0.3, -0.25) is 0 Å². The van der Waals surface area contributed by atoms with E-state index in [9.17, 15) is 5.26 Å². The number of rotatable bonds is 3. The number of methoxy groups -OCH3 is 1. The lowest BCUT2D eigenvalue weighted by molar-refractivity contribution is 0.0612. The fourth-order valence-electron chi connectivity index (χ4n) is 2.43. The first kappa shape index (κ1) is 13.2. The fourth-order valence-corrected chi connectivity index (χ4v) is 2.62. The Morgan fingerprint density at radius 1 is 1.44 bits per heavy atom. The van der Waals surface area contributed by atoms with Crippen molar-refractivity contribution in [3.63, 3.8) is 0 Å².